The molecule has 192 valence electrons. The van der Waals surface area contributed by atoms with Gasteiger partial charge < -0.3 is 34.4 Å². The van der Waals surface area contributed by atoms with Gasteiger partial charge in [0.05, 0.1) is 17.6 Å². The minimum atomic E-state index is -0.740. The van der Waals surface area contributed by atoms with Crippen molar-refractivity contribution in [2.24, 2.45) is 0 Å². The third-order valence-electron chi connectivity index (χ3n) is 4.62. The highest BCUT2D eigenvalue weighted by molar-refractivity contribution is 8.78. The smallest absolute Gasteiger partial charge is 0.409 e. The molecule has 0 spiro atoms. The van der Waals surface area contributed by atoms with Gasteiger partial charge in [-0.1, -0.05) is 19.6 Å². The zero-order chi connectivity index (χ0) is 25.3. The number of likely N-dealkylation sites (N-methyl/N-ethyl adjacent to an activating group) is 2. The number of amides is 2. The summed E-state index contributed by atoms with van der Waals surface area (Å²) in [6.07, 6.45) is 0.708. The summed E-state index contributed by atoms with van der Waals surface area (Å²) in [4.78, 5) is 32.2. The monoisotopic (exact) mass is 516 g/mol. The highest BCUT2D eigenvalue weighted by Crippen LogP contribution is 2.35. The zero-order valence-corrected chi connectivity index (χ0v) is 21.9. The lowest BCUT2D eigenvalue weighted by Crippen LogP contribution is -2.39. The highest BCUT2D eigenvalue weighted by Gasteiger charge is 2.18. The van der Waals surface area contributed by atoms with Crippen LogP contribution in [0, 0.1) is 0 Å². The van der Waals surface area contributed by atoms with Crippen LogP contribution < -0.4 is 5.32 Å². The van der Waals surface area contributed by atoms with Gasteiger partial charge in [-0.3, -0.25) is 4.79 Å². The van der Waals surface area contributed by atoms with Crippen LogP contribution in [0.1, 0.15) is 13.3 Å². The van der Waals surface area contributed by atoms with E-state index in [2.05, 4.69) is 16.9 Å². The Morgan fingerprint density at radius 2 is 1.94 bits per heavy atom. The molecule has 0 aliphatic rings. The van der Waals surface area contributed by atoms with Crippen molar-refractivity contribution in [2.75, 3.05) is 60.6 Å². The standard InChI is InChI=1S/C22H36N4O6S2/c1-6-18(15-27)32-20(30-5)16-31-22(29)26(4)14-12-23-11-13-25(3)21(28)17(2)33-34-19-9-7-8-10-24-19/h7-10,18,20,23,27H,2,6,11-16H2,1,3-5H3. The molecule has 34 heavy (non-hydrogen) atoms. The van der Waals surface area contributed by atoms with Crippen LogP contribution in [0.5, 0.6) is 0 Å². The first-order chi connectivity index (χ1) is 16.3. The van der Waals surface area contributed by atoms with E-state index in [0.717, 1.165) is 5.03 Å². The maximum atomic E-state index is 12.4. The van der Waals surface area contributed by atoms with Crippen molar-refractivity contribution < 1.29 is 28.9 Å². The summed E-state index contributed by atoms with van der Waals surface area (Å²) in [5.41, 5.74) is 0. The number of rotatable bonds is 17. The second-order valence-electron chi connectivity index (χ2n) is 7.25. The first-order valence-electron chi connectivity index (χ1n) is 10.9. The number of methoxy groups -OCH3 is 1. The van der Waals surface area contributed by atoms with Crippen molar-refractivity contribution in [3.05, 3.63) is 35.9 Å². The van der Waals surface area contributed by atoms with Crippen LogP contribution in [0.15, 0.2) is 40.9 Å². The molecule has 1 rings (SSSR count). The molecule has 0 radical (unpaired) electrons. The van der Waals surface area contributed by atoms with E-state index in [1.54, 1.807) is 25.2 Å². The fourth-order valence-corrected chi connectivity index (χ4v) is 4.16. The Labute approximate surface area is 209 Å². The molecular formula is C22H36N4O6S2. The number of carbonyl (C=O) groups is 2. The SMILES string of the molecule is C=C(SSc1ccccn1)C(=O)N(C)CCNCCN(C)C(=O)OCC(OC)OC(CC)CO. The molecule has 0 saturated heterocycles. The number of ether oxygens (including phenoxy) is 3. The van der Waals surface area contributed by atoms with E-state index in [1.807, 2.05) is 25.1 Å². The third kappa shape index (κ3) is 12.0. The minimum Gasteiger partial charge on any atom is -0.444 e. The van der Waals surface area contributed by atoms with Gasteiger partial charge in [0.2, 0.25) is 0 Å². The van der Waals surface area contributed by atoms with Crippen LogP contribution in [-0.2, 0) is 19.0 Å². The van der Waals surface area contributed by atoms with Gasteiger partial charge >= 0.3 is 6.09 Å². The Bertz CT molecular complexity index is 739. The molecule has 1 aromatic rings. The summed E-state index contributed by atoms with van der Waals surface area (Å²) in [6.45, 7) is 7.55. The number of pyridine rings is 1. The summed E-state index contributed by atoms with van der Waals surface area (Å²) in [5, 5.41) is 13.2. The van der Waals surface area contributed by atoms with Gasteiger partial charge in [0.1, 0.15) is 11.6 Å². The van der Waals surface area contributed by atoms with Crippen LogP contribution >= 0.6 is 21.6 Å². The molecule has 10 nitrogen and oxygen atoms in total. The molecule has 0 fully saturated rings. The van der Waals surface area contributed by atoms with Crippen LogP contribution in [-0.4, -0.2) is 105 Å². The number of aliphatic hydroxyl groups is 1. The molecule has 2 N–H and O–H groups in total. The lowest BCUT2D eigenvalue weighted by Gasteiger charge is -2.23. The molecule has 2 amide bonds. The van der Waals surface area contributed by atoms with E-state index < -0.39 is 12.4 Å². The van der Waals surface area contributed by atoms with Crippen molar-refractivity contribution in [1.29, 1.82) is 0 Å². The van der Waals surface area contributed by atoms with Gasteiger partial charge in [0, 0.05) is 53.6 Å². The summed E-state index contributed by atoms with van der Waals surface area (Å²) in [7, 11) is 7.48. The Morgan fingerprint density at radius 1 is 1.24 bits per heavy atom. The van der Waals surface area contributed by atoms with Crippen molar-refractivity contribution >= 4 is 33.6 Å². The Kier molecular flexibility index (Phi) is 15.6. The molecule has 2 atom stereocenters. The molecule has 2 unspecified atom stereocenters. The molecule has 0 saturated carbocycles. The van der Waals surface area contributed by atoms with Crippen LogP contribution in [0.25, 0.3) is 0 Å². The maximum absolute atomic E-state index is 12.4. The van der Waals surface area contributed by atoms with Crippen molar-refractivity contribution in [1.82, 2.24) is 20.1 Å². The van der Waals surface area contributed by atoms with Gasteiger partial charge in [-0.15, -0.1) is 0 Å². The minimum absolute atomic E-state index is 0.0724. The van der Waals surface area contributed by atoms with Gasteiger partial charge in [0.15, 0.2) is 6.29 Å². The average Bonchev–Trinajstić information content (AvgIpc) is 2.86. The molecule has 1 heterocycles. The zero-order valence-electron chi connectivity index (χ0n) is 20.3. The number of hydrogen-bond donors (Lipinski definition) is 2. The number of hydrogen-bond acceptors (Lipinski definition) is 10. The molecule has 0 aromatic carbocycles. The molecule has 0 aliphatic carbocycles. The largest absolute Gasteiger partial charge is 0.444 e. The predicted octanol–water partition coefficient (Wildman–Crippen LogP) is 2.21. The molecular weight excluding hydrogens is 480 g/mol. The molecule has 0 aliphatic heterocycles. The highest BCUT2D eigenvalue weighted by atomic mass is 33.1. The first-order valence-corrected chi connectivity index (χ1v) is 13.0. The normalized spacial score (nSPS) is 12.6. The molecule has 12 heteroatoms. The average molecular weight is 517 g/mol. The predicted molar refractivity (Wildman–Crippen MR) is 134 cm³/mol. The van der Waals surface area contributed by atoms with Crippen molar-refractivity contribution in [2.45, 2.75) is 30.8 Å². The summed E-state index contributed by atoms with van der Waals surface area (Å²) in [6, 6.07) is 5.60. The number of nitrogens with zero attached hydrogens (tertiary/aromatic N) is 3. The van der Waals surface area contributed by atoms with Crippen LogP contribution in [0.3, 0.4) is 0 Å². The number of aliphatic hydroxyl groups excluding tert-OH is 1. The number of carbonyl (C=O) groups excluding carboxylic acids is 2. The lowest BCUT2D eigenvalue weighted by atomic mass is 10.3. The summed E-state index contributed by atoms with van der Waals surface area (Å²) >= 11 is 0. The summed E-state index contributed by atoms with van der Waals surface area (Å²) < 4.78 is 15.9. The van der Waals surface area contributed by atoms with E-state index in [9.17, 15) is 14.7 Å². The van der Waals surface area contributed by atoms with E-state index >= 15 is 0 Å². The topological polar surface area (TPSA) is 113 Å². The number of nitrogens with one attached hydrogen (secondary N) is 1. The van der Waals surface area contributed by atoms with E-state index in [-0.39, 0.29) is 25.2 Å². The van der Waals surface area contributed by atoms with Crippen molar-refractivity contribution in [3.63, 3.8) is 0 Å². The van der Waals surface area contributed by atoms with Gasteiger partial charge in [-0.2, -0.15) is 0 Å². The van der Waals surface area contributed by atoms with E-state index in [0.29, 0.717) is 37.5 Å². The second kappa shape index (κ2) is 17.6. The molecule has 0 bridgehead atoms. The maximum Gasteiger partial charge on any atom is 0.409 e. The van der Waals surface area contributed by atoms with Gasteiger partial charge in [0.25, 0.3) is 5.91 Å². The summed E-state index contributed by atoms with van der Waals surface area (Å²) in [5.74, 6) is -0.141. The Balaban J connectivity index is 2.21. The van der Waals surface area contributed by atoms with E-state index in [1.165, 1.54) is 33.6 Å². The Hall–Kier alpha value is -1.83. The fourth-order valence-electron chi connectivity index (χ4n) is 2.44. The Morgan fingerprint density at radius 3 is 2.53 bits per heavy atom. The van der Waals surface area contributed by atoms with Crippen LogP contribution in [0.2, 0.25) is 0 Å². The molecule has 1 aromatic heterocycles. The fraction of sp³-hybridized carbons (Fsp3) is 0.591. The first kappa shape index (κ1) is 30.2. The van der Waals surface area contributed by atoms with Crippen LogP contribution in [0.4, 0.5) is 4.79 Å². The lowest BCUT2D eigenvalue weighted by molar-refractivity contribution is -0.182. The van der Waals surface area contributed by atoms with Gasteiger partial charge in [-0.25, -0.2) is 9.78 Å². The third-order valence-corrected chi connectivity index (χ3v) is 6.86. The van der Waals surface area contributed by atoms with E-state index in [4.69, 9.17) is 14.2 Å². The van der Waals surface area contributed by atoms with Gasteiger partial charge in [-0.05, 0) is 40.1 Å². The quantitative estimate of drug-likeness (QED) is 0.138. The van der Waals surface area contributed by atoms with Crippen molar-refractivity contribution in [3.8, 4) is 0 Å². The number of aromatic nitrogens is 1. The second-order valence-corrected chi connectivity index (χ2v) is 9.49.